The molecular weight excluding hydrogens is 154 g/mol. The molecule has 0 aromatic heterocycles. The van der Waals surface area contributed by atoms with Crippen molar-refractivity contribution in [2.75, 3.05) is 0 Å². The van der Waals surface area contributed by atoms with E-state index in [0.29, 0.717) is 11.8 Å². The summed E-state index contributed by atoms with van der Waals surface area (Å²) >= 11 is 0. The molecular formula is C9H17NO2. The standard InChI is InChI=1S/C9H17NO2/c1-6-4-3-5-7(2)8(6)10-9(11)12/h6-8,10H,3-5H2,1-2H3,(H,11,12). The van der Waals surface area contributed by atoms with E-state index in [9.17, 15) is 4.79 Å². The van der Waals surface area contributed by atoms with Crippen LogP contribution < -0.4 is 5.32 Å². The number of nitrogens with one attached hydrogen (secondary N) is 1. The van der Waals surface area contributed by atoms with E-state index in [1.165, 1.54) is 6.42 Å². The maximum atomic E-state index is 10.4. The lowest BCUT2D eigenvalue weighted by Crippen LogP contribution is -2.45. The molecule has 0 saturated heterocycles. The molecule has 3 nitrogen and oxygen atoms in total. The van der Waals surface area contributed by atoms with Gasteiger partial charge in [-0.2, -0.15) is 0 Å². The van der Waals surface area contributed by atoms with Crippen molar-refractivity contribution in [3.05, 3.63) is 0 Å². The second-order valence-electron chi connectivity index (χ2n) is 3.86. The average molecular weight is 171 g/mol. The van der Waals surface area contributed by atoms with Gasteiger partial charge in [-0.1, -0.05) is 20.3 Å². The number of carbonyl (C=O) groups is 1. The van der Waals surface area contributed by atoms with E-state index in [-0.39, 0.29) is 6.04 Å². The molecule has 0 radical (unpaired) electrons. The van der Waals surface area contributed by atoms with Gasteiger partial charge in [0.15, 0.2) is 0 Å². The fourth-order valence-electron chi connectivity index (χ4n) is 2.11. The van der Waals surface area contributed by atoms with Gasteiger partial charge < -0.3 is 10.4 Å². The zero-order chi connectivity index (χ0) is 9.14. The first kappa shape index (κ1) is 9.36. The number of carboxylic acid groups (broad SMARTS) is 1. The van der Waals surface area contributed by atoms with Crippen molar-refractivity contribution in [1.82, 2.24) is 5.32 Å². The Bertz CT molecular complexity index is 160. The Balaban J connectivity index is 2.50. The largest absolute Gasteiger partial charge is 0.465 e. The molecule has 2 atom stereocenters. The quantitative estimate of drug-likeness (QED) is 0.634. The lowest BCUT2D eigenvalue weighted by molar-refractivity contribution is 0.161. The first-order valence-electron chi connectivity index (χ1n) is 4.60. The van der Waals surface area contributed by atoms with Crippen LogP contribution in [0.25, 0.3) is 0 Å². The molecule has 1 amide bonds. The van der Waals surface area contributed by atoms with Gasteiger partial charge in [0.05, 0.1) is 0 Å². The lowest BCUT2D eigenvalue weighted by atomic mass is 9.79. The number of hydrogen-bond donors (Lipinski definition) is 2. The Morgan fingerprint density at radius 3 is 2.25 bits per heavy atom. The Hall–Kier alpha value is -0.730. The van der Waals surface area contributed by atoms with Crippen LogP contribution in [0.2, 0.25) is 0 Å². The molecule has 1 aliphatic carbocycles. The van der Waals surface area contributed by atoms with Gasteiger partial charge in [0.1, 0.15) is 0 Å². The summed E-state index contributed by atoms with van der Waals surface area (Å²) in [5.74, 6) is 0.981. The van der Waals surface area contributed by atoms with Crippen LogP contribution in [0.15, 0.2) is 0 Å². The smallest absolute Gasteiger partial charge is 0.404 e. The van der Waals surface area contributed by atoms with E-state index in [2.05, 4.69) is 19.2 Å². The minimum absolute atomic E-state index is 0.163. The fraction of sp³-hybridized carbons (Fsp3) is 0.889. The van der Waals surface area contributed by atoms with Gasteiger partial charge >= 0.3 is 6.09 Å². The molecule has 1 fully saturated rings. The first-order chi connectivity index (χ1) is 5.61. The van der Waals surface area contributed by atoms with Gasteiger partial charge in [0, 0.05) is 6.04 Å². The van der Waals surface area contributed by atoms with Gasteiger partial charge in [-0.05, 0) is 24.7 Å². The van der Waals surface area contributed by atoms with E-state index in [1.54, 1.807) is 0 Å². The minimum Gasteiger partial charge on any atom is -0.465 e. The van der Waals surface area contributed by atoms with Crippen LogP contribution in [0.5, 0.6) is 0 Å². The third kappa shape index (κ3) is 2.13. The molecule has 0 spiro atoms. The molecule has 0 aliphatic heterocycles. The molecule has 12 heavy (non-hydrogen) atoms. The van der Waals surface area contributed by atoms with Crippen LogP contribution in [0, 0.1) is 11.8 Å². The predicted octanol–water partition coefficient (Wildman–Crippen LogP) is 2.08. The van der Waals surface area contributed by atoms with Gasteiger partial charge in [0.25, 0.3) is 0 Å². The molecule has 70 valence electrons. The topological polar surface area (TPSA) is 49.3 Å². The summed E-state index contributed by atoms with van der Waals surface area (Å²) < 4.78 is 0. The third-order valence-corrected chi connectivity index (χ3v) is 2.84. The van der Waals surface area contributed by atoms with Crippen molar-refractivity contribution in [2.45, 2.75) is 39.2 Å². The highest BCUT2D eigenvalue weighted by Gasteiger charge is 2.28. The Morgan fingerprint density at radius 1 is 1.33 bits per heavy atom. The lowest BCUT2D eigenvalue weighted by Gasteiger charge is -2.34. The molecule has 0 aromatic carbocycles. The molecule has 0 bridgehead atoms. The highest BCUT2D eigenvalue weighted by Crippen LogP contribution is 2.28. The van der Waals surface area contributed by atoms with E-state index in [4.69, 9.17) is 5.11 Å². The average Bonchev–Trinajstić information content (AvgIpc) is 1.97. The van der Waals surface area contributed by atoms with Gasteiger partial charge in [0.2, 0.25) is 0 Å². The zero-order valence-corrected chi connectivity index (χ0v) is 7.71. The van der Waals surface area contributed by atoms with Crippen LogP contribution in [0.1, 0.15) is 33.1 Å². The first-order valence-corrected chi connectivity index (χ1v) is 4.60. The van der Waals surface area contributed by atoms with E-state index in [0.717, 1.165) is 12.8 Å². The van der Waals surface area contributed by atoms with E-state index in [1.807, 2.05) is 0 Å². The predicted molar refractivity (Wildman–Crippen MR) is 47.1 cm³/mol. The van der Waals surface area contributed by atoms with Gasteiger partial charge in [-0.3, -0.25) is 0 Å². The van der Waals surface area contributed by atoms with Crippen molar-refractivity contribution >= 4 is 6.09 Å². The summed E-state index contributed by atoms with van der Waals surface area (Å²) in [6.45, 7) is 4.24. The number of rotatable bonds is 1. The van der Waals surface area contributed by atoms with Crippen LogP contribution in [0.3, 0.4) is 0 Å². The maximum Gasteiger partial charge on any atom is 0.404 e. The molecule has 2 unspecified atom stereocenters. The highest BCUT2D eigenvalue weighted by atomic mass is 16.4. The molecule has 1 rings (SSSR count). The summed E-state index contributed by atoms with van der Waals surface area (Å²) in [6.07, 6.45) is 2.64. The van der Waals surface area contributed by atoms with Crippen molar-refractivity contribution in [2.24, 2.45) is 11.8 Å². The summed E-state index contributed by atoms with van der Waals surface area (Å²) in [4.78, 5) is 10.4. The number of amides is 1. The number of hydrogen-bond acceptors (Lipinski definition) is 1. The van der Waals surface area contributed by atoms with Crippen molar-refractivity contribution in [1.29, 1.82) is 0 Å². The summed E-state index contributed by atoms with van der Waals surface area (Å²) in [6, 6.07) is 0.163. The Morgan fingerprint density at radius 2 is 1.83 bits per heavy atom. The molecule has 2 N–H and O–H groups in total. The fourth-order valence-corrected chi connectivity index (χ4v) is 2.11. The van der Waals surface area contributed by atoms with E-state index >= 15 is 0 Å². The summed E-state index contributed by atoms with van der Waals surface area (Å²) in [5, 5.41) is 11.2. The minimum atomic E-state index is -0.888. The van der Waals surface area contributed by atoms with Crippen molar-refractivity contribution in [3.8, 4) is 0 Å². The van der Waals surface area contributed by atoms with Crippen LogP contribution in [-0.4, -0.2) is 17.2 Å². The van der Waals surface area contributed by atoms with Crippen molar-refractivity contribution < 1.29 is 9.90 Å². The zero-order valence-electron chi connectivity index (χ0n) is 7.71. The SMILES string of the molecule is CC1CCCC(C)C1NC(=O)O. The Labute approximate surface area is 73.2 Å². The second-order valence-corrected chi connectivity index (χ2v) is 3.86. The van der Waals surface area contributed by atoms with Crippen molar-refractivity contribution in [3.63, 3.8) is 0 Å². The van der Waals surface area contributed by atoms with Crippen LogP contribution >= 0.6 is 0 Å². The maximum absolute atomic E-state index is 10.4. The molecule has 1 aliphatic rings. The van der Waals surface area contributed by atoms with Gasteiger partial charge in [-0.25, -0.2) is 4.79 Å². The van der Waals surface area contributed by atoms with Crippen LogP contribution in [-0.2, 0) is 0 Å². The summed E-state index contributed by atoms with van der Waals surface area (Å²) in [5.41, 5.74) is 0. The van der Waals surface area contributed by atoms with Gasteiger partial charge in [-0.15, -0.1) is 0 Å². The van der Waals surface area contributed by atoms with E-state index < -0.39 is 6.09 Å². The second kappa shape index (κ2) is 3.78. The molecule has 3 heteroatoms. The third-order valence-electron chi connectivity index (χ3n) is 2.84. The molecule has 0 heterocycles. The normalized spacial score (nSPS) is 36.0. The molecule has 1 saturated carbocycles. The summed E-state index contributed by atoms with van der Waals surface area (Å²) in [7, 11) is 0. The monoisotopic (exact) mass is 171 g/mol. The highest BCUT2D eigenvalue weighted by molar-refractivity contribution is 5.64. The molecule has 0 aromatic rings. The Kier molecular flexibility index (Phi) is 2.95. The van der Waals surface area contributed by atoms with Crippen LogP contribution in [0.4, 0.5) is 4.79 Å².